The van der Waals surface area contributed by atoms with Crippen LogP contribution in [0, 0.1) is 0 Å². The second-order valence-corrected chi connectivity index (χ2v) is 4.15. The molecule has 0 aliphatic carbocycles. The van der Waals surface area contributed by atoms with E-state index in [2.05, 4.69) is 0 Å². The lowest BCUT2D eigenvalue weighted by Gasteiger charge is -2.18. The zero-order chi connectivity index (χ0) is 13.5. The molecule has 0 amide bonds. The van der Waals surface area contributed by atoms with E-state index in [1.54, 1.807) is 21.3 Å². The molecule has 0 spiro atoms. The number of hydrogen-bond acceptors (Lipinski definition) is 4. The Kier molecular flexibility index (Phi) is 5.65. The Bertz CT molecular complexity index is 401. The minimum absolute atomic E-state index is 0.0863. The van der Waals surface area contributed by atoms with Crippen molar-refractivity contribution in [3.8, 4) is 11.5 Å². The van der Waals surface area contributed by atoms with Crippen LogP contribution < -0.4 is 9.47 Å². The fourth-order valence-corrected chi connectivity index (χ4v) is 1.95. The molecule has 0 heterocycles. The summed E-state index contributed by atoms with van der Waals surface area (Å²) in [6.45, 7) is 2.43. The van der Waals surface area contributed by atoms with Gasteiger partial charge in [0.2, 0.25) is 0 Å². The average molecular weight is 252 g/mol. The van der Waals surface area contributed by atoms with E-state index in [1.807, 2.05) is 19.1 Å². The van der Waals surface area contributed by atoms with Crippen molar-refractivity contribution >= 4 is 6.29 Å². The van der Waals surface area contributed by atoms with Gasteiger partial charge in [0.25, 0.3) is 0 Å². The Hall–Kier alpha value is -1.55. The van der Waals surface area contributed by atoms with Crippen molar-refractivity contribution in [2.45, 2.75) is 25.9 Å². The first kappa shape index (κ1) is 14.5. The third-order valence-corrected chi connectivity index (χ3v) is 2.89. The molecule has 4 nitrogen and oxygen atoms in total. The van der Waals surface area contributed by atoms with Gasteiger partial charge in [0, 0.05) is 24.7 Å². The first-order chi connectivity index (χ1) is 8.67. The molecule has 18 heavy (non-hydrogen) atoms. The van der Waals surface area contributed by atoms with E-state index < -0.39 is 0 Å². The molecule has 1 rings (SSSR count). The fraction of sp³-hybridized carbons (Fsp3) is 0.500. The minimum Gasteiger partial charge on any atom is -0.497 e. The molecular weight excluding hydrogens is 232 g/mol. The number of benzene rings is 1. The van der Waals surface area contributed by atoms with Crippen LogP contribution in [0.2, 0.25) is 0 Å². The highest BCUT2D eigenvalue weighted by molar-refractivity contribution is 5.55. The standard InChI is InChI=1S/C14H20O4/c1-10(5-6-15)13-8-12(17-3)7-11(9-16-2)14(13)18-4/h6-8,10H,5,9H2,1-4H3. The van der Waals surface area contributed by atoms with Crippen molar-refractivity contribution in [3.05, 3.63) is 23.3 Å². The molecule has 4 heteroatoms. The first-order valence-corrected chi connectivity index (χ1v) is 5.85. The Balaban J connectivity index is 3.26. The predicted molar refractivity (Wildman–Crippen MR) is 69.4 cm³/mol. The van der Waals surface area contributed by atoms with Crippen molar-refractivity contribution < 1.29 is 19.0 Å². The van der Waals surface area contributed by atoms with E-state index >= 15 is 0 Å². The van der Waals surface area contributed by atoms with Crippen LogP contribution in [0.15, 0.2) is 12.1 Å². The molecule has 100 valence electrons. The molecule has 0 aliphatic rings. The maximum Gasteiger partial charge on any atom is 0.128 e. The van der Waals surface area contributed by atoms with Gasteiger partial charge in [-0.3, -0.25) is 0 Å². The van der Waals surface area contributed by atoms with Gasteiger partial charge in [-0.1, -0.05) is 6.92 Å². The van der Waals surface area contributed by atoms with Gasteiger partial charge >= 0.3 is 0 Å². The first-order valence-electron chi connectivity index (χ1n) is 5.85. The number of carbonyl (C=O) groups is 1. The van der Waals surface area contributed by atoms with Crippen LogP contribution in [0.4, 0.5) is 0 Å². The van der Waals surface area contributed by atoms with Crippen molar-refractivity contribution in [2.75, 3.05) is 21.3 Å². The number of methoxy groups -OCH3 is 3. The summed E-state index contributed by atoms with van der Waals surface area (Å²) in [5.41, 5.74) is 1.89. The normalized spacial score (nSPS) is 12.0. The summed E-state index contributed by atoms with van der Waals surface area (Å²) in [6, 6.07) is 3.80. The second-order valence-electron chi connectivity index (χ2n) is 4.15. The number of hydrogen-bond donors (Lipinski definition) is 0. The Morgan fingerprint density at radius 1 is 1.22 bits per heavy atom. The quantitative estimate of drug-likeness (QED) is 0.699. The van der Waals surface area contributed by atoms with Gasteiger partial charge in [0.1, 0.15) is 17.8 Å². The third-order valence-electron chi connectivity index (χ3n) is 2.89. The lowest BCUT2D eigenvalue weighted by Crippen LogP contribution is -2.04. The Labute approximate surface area is 108 Å². The second kappa shape index (κ2) is 7.01. The van der Waals surface area contributed by atoms with Crippen LogP contribution in [-0.2, 0) is 16.1 Å². The van der Waals surface area contributed by atoms with Gasteiger partial charge in [-0.05, 0) is 18.1 Å². The van der Waals surface area contributed by atoms with Gasteiger partial charge in [-0.25, -0.2) is 0 Å². The summed E-state index contributed by atoms with van der Waals surface area (Å²) in [7, 11) is 4.87. The highest BCUT2D eigenvalue weighted by Gasteiger charge is 2.17. The molecule has 0 fully saturated rings. The maximum atomic E-state index is 10.7. The van der Waals surface area contributed by atoms with Crippen LogP contribution in [0.1, 0.15) is 30.4 Å². The monoisotopic (exact) mass is 252 g/mol. The molecule has 0 saturated heterocycles. The van der Waals surface area contributed by atoms with E-state index in [1.165, 1.54) is 0 Å². The molecule has 1 unspecified atom stereocenters. The summed E-state index contributed by atoms with van der Waals surface area (Å²) >= 11 is 0. The molecule has 0 aromatic heterocycles. The largest absolute Gasteiger partial charge is 0.497 e. The highest BCUT2D eigenvalue weighted by atomic mass is 16.5. The van der Waals surface area contributed by atoms with Crippen LogP contribution in [-0.4, -0.2) is 27.6 Å². The maximum absolute atomic E-state index is 10.7. The summed E-state index contributed by atoms with van der Waals surface area (Å²) in [4.78, 5) is 10.7. The number of aldehydes is 1. The van der Waals surface area contributed by atoms with Crippen molar-refractivity contribution in [2.24, 2.45) is 0 Å². The van der Waals surface area contributed by atoms with E-state index in [-0.39, 0.29) is 5.92 Å². The fourth-order valence-electron chi connectivity index (χ4n) is 1.95. The summed E-state index contributed by atoms with van der Waals surface area (Å²) in [6.07, 6.45) is 1.37. The SMILES string of the molecule is COCc1cc(OC)cc(C(C)CC=O)c1OC. The van der Waals surface area contributed by atoms with Crippen molar-refractivity contribution in [1.82, 2.24) is 0 Å². The molecule has 1 aromatic rings. The smallest absolute Gasteiger partial charge is 0.128 e. The summed E-state index contributed by atoms with van der Waals surface area (Å²) in [5.74, 6) is 1.60. The molecule has 1 aromatic carbocycles. The van der Waals surface area contributed by atoms with Crippen molar-refractivity contribution in [3.63, 3.8) is 0 Å². The highest BCUT2D eigenvalue weighted by Crippen LogP contribution is 2.35. The van der Waals surface area contributed by atoms with Gasteiger partial charge in [0.15, 0.2) is 0 Å². The summed E-state index contributed by atoms with van der Waals surface area (Å²) in [5, 5.41) is 0. The number of rotatable bonds is 7. The van der Waals surface area contributed by atoms with Crippen molar-refractivity contribution in [1.29, 1.82) is 0 Å². The van der Waals surface area contributed by atoms with Crippen LogP contribution in [0.3, 0.4) is 0 Å². The molecule has 0 aliphatic heterocycles. The topological polar surface area (TPSA) is 44.8 Å². The zero-order valence-electron chi connectivity index (χ0n) is 11.4. The number of ether oxygens (including phenoxy) is 3. The van der Waals surface area contributed by atoms with Crippen LogP contribution in [0.5, 0.6) is 11.5 Å². The van der Waals surface area contributed by atoms with Gasteiger partial charge in [0.05, 0.1) is 20.8 Å². The Morgan fingerprint density at radius 3 is 2.44 bits per heavy atom. The van der Waals surface area contributed by atoms with E-state index in [4.69, 9.17) is 14.2 Å². The van der Waals surface area contributed by atoms with Gasteiger partial charge < -0.3 is 19.0 Å². The minimum atomic E-state index is 0.0863. The van der Waals surface area contributed by atoms with E-state index in [9.17, 15) is 4.79 Å². The van der Waals surface area contributed by atoms with Crippen LogP contribution >= 0.6 is 0 Å². The third kappa shape index (κ3) is 3.23. The molecule has 0 N–H and O–H groups in total. The van der Waals surface area contributed by atoms with Crippen LogP contribution in [0.25, 0.3) is 0 Å². The lowest BCUT2D eigenvalue weighted by atomic mass is 9.95. The molecule has 0 saturated carbocycles. The average Bonchev–Trinajstić information content (AvgIpc) is 2.38. The van der Waals surface area contributed by atoms with E-state index in [0.29, 0.717) is 13.0 Å². The molecule has 0 bridgehead atoms. The molecular formula is C14H20O4. The zero-order valence-corrected chi connectivity index (χ0v) is 11.4. The van der Waals surface area contributed by atoms with E-state index in [0.717, 1.165) is 28.9 Å². The summed E-state index contributed by atoms with van der Waals surface area (Å²) < 4.78 is 15.9. The van der Waals surface area contributed by atoms with Gasteiger partial charge in [-0.15, -0.1) is 0 Å². The molecule has 1 atom stereocenters. The van der Waals surface area contributed by atoms with Gasteiger partial charge in [-0.2, -0.15) is 0 Å². The lowest BCUT2D eigenvalue weighted by molar-refractivity contribution is -0.108. The predicted octanol–water partition coefficient (Wildman–Crippen LogP) is 2.54. The Morgan fingerprint density at radius 2 is 1.94 bits per heavy atom. The molecule has 0 radical (unpaired) electrons. The number of carbonyl (C=O) groups excluding carboxylic acids is 1.